The van der Waals surface area contributed by atoms with Crippen LogP contribution in [0.1, 0.15) is 43.6 Å². The predicted molar refractivity (Wildman–Crippen MR) is 147 cm³/mol. The smallest absolute Gasteiger partial charge is 0.280 e. The van der Waals surface area contributed by atoms with Crippen molar-refractivity contribution in [3.8, 4) is 11.6 Å². The highest BCUT2D eigenvalue weighted by molar-refractivity contribution is 6.30. The maximum Gasteiger partial charge on any atom is 0.280 e. The lowest BCUT2D eigenvalue weighted by Crippen LogP contribution is -2.52. The second kappa shape index (κ2) is 11.2. The number of halogens is 3. The Labute approximate surface area is 235 Å². The van der Waals surface area contributed by atoms with E-state index in [1.54, 1.807) is 53.4 Å². The van der Waals surface area contributed by atoms with E-state index in [0.29, 0.717) is 10.8 Å². The van der Waals surface area contributed by atoms with Crippen LogP contribution in [0.15, 0.2) is 65.7 Å². The minimum Gasteiger partial charge on any atom is -0.437 e. The summed E-state index contributed by atoms with van der Waals surface area (Å²) < 4.78 is 35.5. The summed E-state index contributed by atoms with van der Waals surface area (Å²) in [6.07, 6.45) is 1.13. The quantitative estimate of drug-likeness (QED) is 0.437. The molecule has 8 nitrogen and oxygen atoms in total. The van der Waals surface area contributed by atoms with Crippen LogP contribution in [0, 0.1) is 5.92 Å². The van der Waals surface area contributed by atoms with Gasteiger partial charge in [0, 0.05) is 42.8 Å². The van der Waals surface area contributed by atoms with Crippen LogP contribution in [0.4, 0.5) is 14.5 Å². The molecule has 212 valence electrons. The third-order valence-corrected chi connectivity index (χ3v) is 8.16. The van der Waals surface area contributed by atoms with E-state index in [-0.39, 0.29) is 69.2 Å². The maximum atomic E-state index is 14.3. The molecule has 2 atom stereocenters. The first-order chi connectivity index (χ1) is 19.0. The van der Waals surface area contributed by atoms with Crippen LogP contribution >= 0.6 is 11.6 Å². The summed E-state index contributed by atoms with van der Waals surface area (Å²) in [6, 6.07) is 15.5. The molecule has 1 saturated carbocycles. The SMILES string of the molecule is Nc1c(Oc2ccc(Cl)cc2)ncn(CC2(O)CCN(C(=O)[C@@H]3CCC(F)(F)C[C@H]3c3ccccc3)CC2)c1=O. The van der Waals surface area contributed by atoms with Gasteiger partial charge in [-0.15, -0.1) is 0 Å². The highest BCUT2D eigenvalue weighted by Crippen LogP contribution is 2.46. The number of benzene rings is 2. The molecule has 2 aromatic carbocycles. The number of anilines is 1. The largest absolute Gasteiger partial charge is 0.437 e. The molecule has 1 aliphatic carbocycles. The molecule has 11 heteroatoms. The normalized spacial score (nSPS) is 22.1. The van der Waals surface area contributed by atoms with Gasteiger partial charge in [-0.25, -0.2) is 13.8 Å². The van der Waals surface area contributed by atoms with Crippen molar-refractivity contribution in [2.75, 3.05) is 18.8 Å². The average Bonchev–Trinajstić information content (AvgIpc) is 2.94. The number of ether oxygens (including phenoxy) is 1. The van der Waals surface area contributed by atoms with Crippen LogP contribution in [0.5, 0.6) is 11.6 Å². The number of aromatic nitrogens is 2. The first-order valence-electron chi connectivity index (χ1n) is 13.3. The Morgan fingerprint density at radius 3 is 2.45 bits per heavy atom. The standard InChI is InChI=1S/C29H31ClF2N4O4/c30-20-6-8-21(9-7-20)40-25-24(33)27(38)36(18-34-25)17-28(39)12-14-35(15-13-28)26(37)22-10-11-29(31,32)16-23(22)19-4-2-1-3-5-19/h1-9,18,22-23,39H,10-17,33H2/t22-,23+/m1/s1. The number of aliphatic hydroxyl groups is 1. The molecule has 3 aromatic rings. The zero-order chi connectivity index (χ0) is 28.5. The van der Waals surface area contributed by atoms with E-state index in [2.05, 4.69) is 4.98 Å². The average molecular weight is 573 g/mol. The number of carbonyl (C=O) groups excluding carboxylic acids is 1. The molecule has 2 fully saturated rings. The Hall–Kier alpha value is -3.50. The summed E-state index contributed by atoms with van der Waals surface area (Å²) in [6.45, 7) is 0.437. The predicted octanol–water partition coefficient (Wildman–Crippen LogP) is 4.84. The summed E-state index contributed by atoms with van der Waals surface area (Å²) >= 11 is 5.88. The highest BCUT2D eigenvalue weighted by atomic mass is 35.5. The number of rotatable bonds is 6. The van der Waals surface area contributed by atoms with Crippen LogP contribution in [0.2, 0.25) is 5.02 Å². The lowest BCUT2D eigenvalue weighted by molar-refractivity contribution is -0.145. The van der Waals surface area contributed by atoms with Crippen molar-refractivity contribution in [3.63, 3.8) is 0 Å². The van der Waals surface area contributed by atoms with E-state index in [4.69, 9.17) is 22.1 Å². The number of nitrogen functional groups attached to an aromatic ring is 1. The Morgan fingerprint density at radius 2 is 1.77 bits per heavy atom. The van der Waals surface area contributed by atoms with Crippen LogP contribution in [0.3, 0.4) is 0 Å². The van der Waals surface area contributed by atoms with Gasteiger partial charge in [0.2, 0.25) is 17.7 Å². The molecule has 0 bridgehead atoms. The maximum absolute atomic E-state index is 14.3. The van der Waals surface area contributed by atoms with Crippen LogP contribution < -0.4 is 16.0 Å². The van der Waals surface area contributed by atoms with Gasteiger partial charge in [-0.05, 0) is 49.1 Å². The third kappa shape index (κ3) is 6.13. The number of hydrogen-bond acceptors (Lipinski definition) is 6. The second-order valence-corrected chi connectivity index (χ2v) is 11.2. The summed E-state index contributed by atoms with van der Waals surface area (Å²) in [5, 5.41) is 11.8. The van der Waals surface area contributed by atoms with Crippen molar-refractivity contribution in [3.05, 3.63) is 81.9 Å². The van der Waals surface area contributed by atoms with Crippen molar-refractivity contribution in [1.29, 1.82) is 0 Å². The van der Waals surface area contributed by atoms with Gasteiger partial charge in [0.05, 0.1) is 12.1 Å². The highest BCUT2D eigenvalue weighted by Gasteiger charge is 2.46. The Morgan fingerprint density at radius 1 is 1.10 bits per heavy atom. The summed E-state index contributed by atoms with van der Waals surface area (Å²) in [5.41, 5.74) is 4.71. The minimum absolute atomic E-state index is 0.0537. The van der Waals surface area contributed by atoms with Gasteiger partial charge in [-0.2, -0.15) is 0 Å². The zero-order valence-electron chi connectivity index (χ0n) is 21.8. The van der Waals surface area contributed by atoms with Crippen molar-refractivity contribution in [2.24, 2.45) is 5.92 Å². The van der Waals surface area contributed by atoms with E-state index in [9.17, 15) is 23.5 Å². The van der Waals surface area contributed by atoms with Crippen molar-refractivity contribution < 1.29 is 23.4 Å². The van der Waals surface area contributed by atoms with Crippen molar-refractivity contribution in [1.82, 2.24) is 14.5 Å². The molecule has 3 N–H and O–H groups in total. The number of amides is 1. The fourth-order valence-corrected chi connectivity index (χ4v) is 5.76. The van der Waals surface area contributed by atoms with Gasteiger partial charge >= 0.3 is 0 Å². The first-order valence-corrected chi connectivity index (χ1v) is 13.6. The van der Waals surface area contributed by atoms with Crippen molar-refractivity contribution >= 4 is 23.2 Å². The molecule has 1 aromatic heterocycles. The number of carbonyl (C=O) groups is 1. The molecule has 0 radical (unpaired) electrons. The van der Waals surface area contributed by atoms with Crippen LogP contribution in [-0.4, -0.2) is 50.1 Å². The Kier molecular flexibility index (Phi) is 7.83. The number of likely N-dealkylation sites (tertiary alicyclic amines) is 1. The van der Waals surface area contributed by atoms with Crippen LogP contribution in [0.25, 0.3) is 0 Å². The molecule has 5 rings (SSSR count). The lowest BCUT2D eigenvalue weighted by atomic mass is 9.73. The molecule has 0 spiro atoms. The molecule has 2 aliphatic rings. The third-order valence-electron chi connectivity index (χ3n) is 7.90. The topological polar surface area (TPSA) is 111 Å². The summed E-state index contributed by atoms with van der Waals surface area (Å²) in [4.78, 5) is 32.2. The Balaban J connectivity index is 1.24. The van der Waals surface area contributed by atoms with Gasteiger partial charge in [0.15, 0.2) is 5.69 Å². The van der Waals surface area contributed by atoms with Gasteiger partial charge in [-0.3, -0.25) is 14.2 Å². The second-order valence-electron chi connectivity index (χ2n) is 10.7. The fraction of sp³-hybridized carbons (Fsp3) is 0.414. The molecular weight excluding hydrogens is 542 g/mol. The number of alkyl halides is 2. The lowest BCUT2D eigenvalue weighted by Gasteiger charge is -2.42. The fourth-order valence-electron chi connectivity index (χ4n) is 5.63. The number of nitrogens with zero attached hydrogens (tertiary/aromatic N) is 3. The number of nitrogens with two attached hydrogens (primary N) is 1. The van der Waals surface area contributed by atoms with E-state index in [1.807, 2.05) is 6.07 Å². The van der Waals surface area contributed by atoms with E-state index in [1.165, 1.54) is 10.9 Å². The van der Waals surface area contributed by atoms with Gasteiger partial charge in [-0.1, -0.05) is 41.9 Å². The molecule has 0 unspecified atom stereocenters. The van der Waals surface area contributed by atoms with E-state index >= 15 is 0 Å². The summed E-state index contributed by atoms with van der Waals surface area (Å²) in [7, 11) is 0. The first kappa shape index (κ1) is 28.0. The van der Waals surface area contributed by atoms with E-state index in [0.717, 1.165) is 5.56 Å². The minimum atomic E-state index is -2.81. The molecular formula is C29H31ClF2N4O4. The van der Waals surface area contributed by atoms with Gasteiger partial charge in [0.1, 0.15) is 12.1 Å². The molecule has 1 saturated heterocycles. The molecule has 40 heavy (non-hydrogen) atoms. The van der Waals surface area contributed by atoms with Gasteiger partial charge in [0.25, 0.3) is 5.56 Å². The molecule has 2 heterocycles. The van der Waals surface area contributed by atoms with Gasteiger partial charge < -0.3 is 20.5 Å². The Bertz CT molecular complexity index is 1410. The van der Waals surface area contributed by atoms with E-state index < -0.39 is 28.9 Å². The van der Waals surface area contributed by atoms with Crippen LogP contribution in [-0.2, 0) is 11.3 Å². The molecule has 1 amide bonds. The molecule has 1 aliphatic heterocycles. The van der Waals surface area contributed by atoms with Crippen molar-refractivity contribution in [2.45, 2.75) is 56.1 Å². The number of hydrogen-bond donors (Lipinski definition) is 2. The number of piperidine rings is 1. The summed E-state index contributed by atoms with van der Waals surface area (Å²) in [5.74, 6) is -3.74. The zero-order valence-corrected chi connectivity index (χ0v) is 22.6. The monoisotopic (exact) mass is 572 g/mol.